The maximum atomic E-state index is 12.9. The lowest BCUT2D eigenvalue weighted by Crippen LogP contribution is -2.45. The van der Waals surface area contributed by atoms with Crippen LogP contribution in [-0.2, 0) is 0 Å². The SMILES string of the molecule is CCC[C@H]1CCC[C@H]([C@@H](O)c2ccc(F)cc2)N1. The highest BCUT2D eigenvalue weighted by molar-refractivity contribution is 5.20. The lowest BCUT2D eigenvalue weighted by atomic mass is 9.90. The molecule has 0 aromatic heterocycles. The van der Waals surface area contributed by atoms with Gasteiger partial charge in [0.2, 0.25) is 0 Å². The van der Waals surface area contributed by atoms with Gasteiger partial charge in [-0.2, -0.15) is 0 Å². The Morgan fingerprint density at radius 1 is 1.33 bits per heavy atom. The lowest BCUT2D eigenvalue weighted by molar-refractivity contribution is 0.0997. The maximum absolute atomic E-state index is 12.9. The van der Waals surface area contributed by atoms with Gasteiger partial charge in [0.1, 0.15) is 5.82 Å². The Labute approximate surface area is 108 Å². The van der Waals surface area contributed by atoms with Crippen LogP contribution in [0.5, 0.6) is 0 Å². The summed E-state index contributed by atoms with van der Waals surface area (Å²) in [4.78, 5) is 0. The molecule has 1 aromatic carbocycles. The number of nitrogens with one attached hydrogen (secondary N) is 1. The number of hydrogen-bond acceptors (Lipinski definition) is 2. The molecule has 1 fully saturated rings. The molecule has 3 heteroatoms. The smallest absolute Gasteiger partial charge is 0.123 e. The highest BCUT2D eigenvalue weighted by Crippen LogP contribution is 2.26. The van der Waals surface area contributed by atoms with Crippen LogP contribution >= 0.6 is 0 Å². The largest absolute Gasteiger partial charge is 0.387 e. The van der Waals surface area contributed by atoms with E-state index in [0.29, 0.717) is 6.04 Å². The monoisotopic (exact) mass is 251 g/mol. The molecule has 2 nitrogen and oxygen atoms in total. The van der Waals surface area contributed by atoms with E-state index in [2.05, 4.69) is 12.2 Å². The van der Waals surface area contributed by atoms with Gasteiger partial charge in [0, 0.05) is 12.1 Å². The second-order valence-electron chi connectivity index (χ2n) is 5.19. The molecular formula is C15H22FNO. The topological polar surface area (TPSA) is 32.3 Å². The highest BCUT2D eigenvalue weighted by atomic mass is 19.1. The minimum Gasteiger partial charge on any atom is -0.387 e. The minimum absolute atomic E-state index is 0.0979. The van der Waals surface area contributed by atoms with Gasteiger partial charge in [-0.05, 0) is 37.0 Å². The third-order valence-electron chi connectivity index (χ3n) is 3.75. The van der Waals surface area contributed by atoms with E-state index in [9.17, 15) is 9.50 Å². The van der Waals surface area contributed by atoms with Crippen molar-refractivity contribution in [3.63, 3.8) is 0 Å². The summed E-state index contributed by atoms with van der Waals surface area (Å²) < 4.78 is 12.9. The van der Waals surface area contributed by atoms with E-state index in [1.165, 1.54) is 18.6 Å². The number of rotatable bonds is 4. The molecule has 2 N–H and O–H groups in total. The lowest BCUT2D eigenvalue weighted by Gasteiger charge is -2.34. The average molecular weight is 251 g/mol. The number of piperidine rings is 1. The van der Waals surface area contributed by atoms with E-state index in [4.69, 9.17) is 0 Å². The van der Waals surface area contributed by atoms with Crippen LogP contribution in [0, 0.1) is 5.82 Å². The van der Waals surface area contributed by atoms with E-state index >= 15 is 0 Å². The second kappa shape index (κ2) is 6.30. The van der Waals surface area contributed by atoms with Crippen LogP contribution in [0.15, 0.2) is 24.3 Å². The second-order valence-corrected chi connectivity index (χ2v) is 5.19. The van der Waals surface area contributed by atoms with Gasteiger partial charge >= 0.3 is 0 Å². The first-order valence-electron chi connectivity index (χ1n) is 6.90. The van der Waals surface area contributed by atoms with Crippen LogP contribution < -0.4 is 5.32 Å². The van der Waals surface area contributed by atoms with Crippen molar-refractivity contribution in [1.82, 2.24) is 5.32 Å². The van der Waals surface area contributed by atoms with Crippen molar-refractivity contribution in [3.05, 3.63) is 35.6 Å². The van der Waals surface area contributed by atoms with Gasteiger partial charge in [-0.3, -0.25) is 0 Å². The molecular weight excluding hydrogens is 229 g/mol. The summed E-state index contributed by atoms with van der Waals surface area (Å²) in [6, 6.07) is 6.77. The van der Waals surface area contributed by atoms with Crippen LogP contribution in [0.1, 0.15) is 50.7 Å². The van der Waals surface area contributed by atoms with Crippen LogP contribution in [0.2, 0.25) is 0 Å². The Morgan fingerprint density at radius 2 is 2.06 bits per heavy atom. The molecule has 1 aliphatic rings. The van der Waals surface area contributed by atoms with Gasteiger partial charge in [-0.15, -0.1) is 0 Å². The normalized spacial score (nSPS) is 25.9. The predicted molar refractivity (Wildman–Crippen MR) is 70.8 cm³/mol. The molecule has 3 atom stereocenters. The standard InChI is InChI=1S/C15H22FNO/c1-2-4-13-5-3-6-14(17-13)15(18)11-7-9-12(16)10-8-11/h7-10,13-15,17-18H,2-6H2,1H3/t13-,14+,15-/m0/s1. The van der Waals surface area contributed by atoms with Gasteiger partial charge < -0.3 is 10.4 Å². The van der Waals surface area contributed by atoms with Gasteiger partial charge in [0.25, 0.3) is 0 Å². The highest BCUT2D eigenvalue weighted by Gasteiger charge is 2.26. The maximum Gasteiger partial charge on any atom is 0.123 e. The molecule has 0 amide bonds. The van der Waals surface area contributed by atoms with Crippen molar-refractivity contribution in [2.45, 2.75) is 57.2 Å². The van der Waals surface area contributed by atoms with Crippen molar-refractivity contribution in [2.75, 3.05) is 0 Å². The summed E-state index contributed by atoms with van der Waals surface area (Å²) >= 11 is 0. The zero-order valence-electron chi connectivity index (χ0n) is 10.9. The van der Waals surface area contributed by atoms with Crippen molar-refractivity contribution >= 4 is 0 Å². The first-order valence-corrected chi connectivity index (χ1v) is 6.90. The number of benzene rings is 1. The summed E-state index contributed by atoms with van der Waals surface area (Å²) in [5, 5.41) is 13.9. The van der Waals surface area contributed by atoms with Gasteiger partial charge in [0.05, 0.1) is 6.10 Å². The van der Waals surface area contributed by atoms with Crippen molar-refractivity contribution < 1.29 is 9.50 Å². The Morgan fingerprint density at radius 3 is 2.72 bits per heavy atom. The molecule has 1 saturated heterocycles. The fourth-order valence-electron chi connectivity index (χ4n) is 2.77. The molecule has 1 aliphatic heterocycles. The van der Waals surface area contributed by atoms with E-state index in [-0.39, 0.29) is 11.9 Å². The molecule has 0 bridgehead atoms. The molecule has 100 valence electrons. The van der Waals surface area contributed by atoms with Crippen molar-refractivity contribution in [2.24, 2.45) is 0 Å². The Kier molecular flexibility index (Phi) is 4.72. The van der Waals surface area contributed by atoms with Crippen molar-refractivity contribution in [3.8, 4) is 0 Å². The third-order valence-corrected chi connectivity index (χ3v) is 3.75. The number of hydrogen-bond donors (Lipinski definition) is 2. The van der Waals surface area contributed by atoms with E-state index < -0.39 is 6.10 Å². The zero-order chi connectivity index (χ0) is 13.0. The van der Waals surface area contributed by atoms with E-state index in [1.54, 1.807) is 12.1 Å². The van der Waals surface area contributed by atoms with Crippen LogP contribution in [0.25, 0.3) is 0 Å². The Hall–Kier alpha value is -0.930. The number of aliphatic hydroxyl groups is 1. The van der Waals surface area contributed by atoms with Gasteiger partial charge in [-0.25, -0.2) is 4.39 Å². The first kappa shape index (κ1) is 13.5. The molecule has 2 rings (SSSR count). The van der Waals surface area contributed by atoms with Crippen molar-refractivity contribution in [1.29, 1.82) is 0 Å². The molecule has 1 aromatic rings. The number of halogens is 1. The fourth-order valence-corrected chi connectivity index (χ4v) is 2.77. The van der Waals surface area contributed by atoms with E-state index in [1.807, 2.05) is 0 Å². The molecule has 0 radical (unpaired) electrons. The van der Waals surface area contributed by atoms with Crippen LogP contribution in [0.3, 0.4) is 0 Å². The average Bonchev–Trinajstić information content (AvgIpc) is 2.39. The Balaban J connectivity index is 1.99. The fraction of sp³-hybridized carbons (Fsp3) is 0.600. The third kappa shape index (κ3) is 3.30. The van der Waals surface area contributed by atoms with E-state index in [0.717, 1.165) is 31.2 Å². The molecule has 0 aliphatic carbocycles. The quantitative estimate of drug-likeness (QED) is 0.861. The molecule has 0 unspecified atom stereocenters. The van der Waals surface area contributed by atoms with Gasteiger partial charge in [-0.1, -0.05) is 31.9 Å². The summed E-state index contributed by atoms with van der Waals surface area (Å²) in [7, 11) is 0. The summed E-state index contributed by atoms with van der Waals surface area (Å²) in [6.07, 6.45) is 5.12. The van der Waals surface area contributed by atoms with Crippen LogP contribution in [-0.4, -0.2) is 17.2 Å². The van der Waals surface area contributed by atoms with Gasteiger partial charge in [0.15, 0.2) is 0 Å². The molecule has 0 spiro atoms. The zero-order valence-corrected chi connectivity index (χ0v) is 10.9. The molecule has 1 heterocycles. The number of aliphatic hydroxyl groups excluding tert-OH is 1. The van der Waals surface area contributed by atoms with Crippen LogP contribution in [0.4, 0.5) is 4.39 Å². The predicted octanol–water partition coefficient (Wildman–Crippen LogP) is 3.17. The Bertz CT molecular complexity index is 363. The summed E-state index contributed by atoms with van der Waals surface area (Å²) in [5.41, 5.74) is 0.797. The molecule has 18 heavy (non-hydrogen) atoms. The first-order chi connectivity index (χ1) is 8.70. The summed E-state index contributed by atoms with van der Waals surface area (Å²) in [6.45, 7) is 2.18. The molecule has 0 saturated carbocycles. The summed E-state index contributed by atoms with van der Waals surface area (Å²) in [5.74, 6) is -0.258. The minimum atomic E-state index is -0.537.